The van der Waals surface area contributed by atoms with Crippen molar-refractivity contribution in [3.05, 3.63) is 0 Å². The Labute approximate surface area is 122 Å². The van der Waals surface area contributed by atoms with Crippen LogP contribution in [0.1, 0.15) is 39.5 Å². The number of aliphatic hydroxyl groups excluding tert-OH is 2. The fraction of sp³-hybridized carbons (Fsp3) is 1.00. The van der Waals surface area contributed by atoms with Crippen LogP contribution in [0.3, 0.4) is 0 Å². The molecule has 20 heavy (non-hydrogen) atoms. The van der Waals surface area contributed by atoms with Crippen molar-refractivity contribution >= 4 is 0 Å². The smallest absolute Gasteiger partial charge is 0.0897 e. The maximum atomic E-state index is 9.89. The highest BCUT2D eigenvalue weighted by Gasteiger charge is 2.33. The zero-order valence-electron chi connectivity index (χ0n) is 12.9. The lowest BCUT2D eigenvalue weighted by Crippen LogP contribution is -2.53. The van der Waals surface area contributed by atoms with Gasteiger partial charge in [-0.2, -0.15) is 0 Å². The van der Waals surface area contributed by atoms with Crippen molar-refractivity contribution in [3.63, 3.8) is 0 Å². The Bertz CT molecular complexity index is 242. The van der Waals surface area contributed by atoms with E-state index in [2.05, 4.69) is 12.2 Å². The van der Waals surface area contributed by atoms with Crippen LogP contribution in [0.4, 0.5) is 0 Å². The highest BCUT2D eigenvalue weighted by Crippen LogP contribution is 2.31. The van der Waals surface area contributed by atoms with E-state index < -0.39 is 6.10 Å². The van der Waals surface area contributed by atoms with E-state index in [1.807, 2.05) is 6.92 Å². The number of nitrogens with one attached hydrogen (secondary N) is 1. The highest BCUT2D eigenvalue weighted by atomic mass is 16.5. The lowest BCUT2D eigenvalue weighted by atomic mass is 9.77. The average molecular weight is 289 g/mol. The first kappa shape index (κ1) is 17.9. The van der Waals surface area contributed by atoms with E-state index in [4.69, 9.17) is 9.47 Å². The Hall–Kier alpha value is -0.200. The number of hydrogen-bond donors (Lipinski definition) is 3. The third-order valence-corrected chi connectivity index (χ3v) is 4.13. The van der Waals surface area contributed by atoms with Gasteiger partial charge in [-0.15, -0.1) is 0 Å². The van der Waals surface area contributed by atoms with E-state index in [-0.39, 0.29) is 12.1 Å². The first-order valence-electron chi connectivity index (χ1n) is 7.81. The molecular formula is C15H31NO4. The number of aliphatic hydroxyl groups is 2. The summed E-state index contributed by atoms with van der Waals surface area (Å²) in [7, 11) is 0. The molecule has 0 amide bonds. The molecule has 1 atom stereocenters. The molecule has 0 aromatic heterocycles. The summed E-state index contributed by atoms with van der Waals surface area (Å²) in [6.45, 7) is 6.85. The molecule has 0 spiro atoms. The van der Waals surface area contributed by atoms with Crippen LogP contribution < -0.4 is 5.32 Å². The van der Waals surface area contributed by atoms with Gasteiger partial charge in [0.05, 0.1) is 32.5 Å². The lowest BCUT2D eigenvalue weighted by molar-refractivity contribution is 0.0000277. The molecule has 0 aromatic rings. The standard InChI is InChI=1S/C15H31NO4/c1-3-19-8-9-20-11-14(18)10-16-15(12-17)6-4-13(2)5-7-15/h13-14,16-18H,3-12H2,1-2H3. The highest BCUT2D eigenvalue weighted by molar-refractivity contribution is 4.92. The summed E-state index contributed by atoms with van der Waals surface area (Å²) in [6.07, 6.45) is 3.67. The topological polar surface area (TPSA) is 71.0 Å². The molecule has 0 bridgehead atoms. The van der Waals surface area contributed by atoms with Gasteiger partial charge < -0.3 is 25.0 Å². The van der Waals surface area contributed by atoms with E-state index in [1.165, 1.54) is 0 Å². The third-order valence-electron chi connectivity index (χ3n) is 4.13. The maximum absolute atomic E-state index is 9.89. The molecule has 0 saturated heterocycles. The normalized spacial score (nSPS) is 28.5. The molecule has 5 nitrogen and oxygen atoms in total. The third kappa shape index (κ3) is 6.50. The van der Waals surface area contributed by atoms with Crippen LogP contribution in [-0.4, -0.2) is 61.4 Å². The van der Waals surface area contributed by atoms with Crippen molar-refractivity contribution in [2.45, 2.75) is 51.2 Å². The summed E-state index contributed by atoms with van der Waals surface area (Å²) in [6, 6.07) is 0. The maximum Gasteiger partial charge on any atom is 0.0897 e. The van der Waals surface area contributed by atoms with Crippen LogP contribution in [0.15, 0.2) is 0 Å². The van der Waals surface area contributed by atoms with Crippen molar-refractivity contribution in [3.8, 4) is 0 Å². The quantitative estimate of drug-likeness (QED) is 0.522. The predicted octanol–water partition coefficient (Wildman–Crippen LogP) is 0.931. The summed E-state index contributed by atoms with van der Waals surface area (Å²) < 4.78 is 10.5. The summed E-state index contributed by atoms with van der Waals surface area (Å²) >= 11 is 0. The molecule has 120 valence electrons. The zero-order chi connectivity index (χ0) is 14.8. The van der Waals surface area contributed by atoms with Crippen molar-refractivity contribution in [1.29, 1.82) is 0 Å². The minimum Gasteiger partial charge on any atom is -0.394 e. The fourth-order valence-corrected chi connectivity index (χ4v) is 2.58. The fourth-order valence-electron chi connectivity index (χ4n) is 2.58. The van der Waals surface area contributed by atoms with E-state index in [0.29, 0.717) is 33.0 Å². The molecular weight excluding hydrogens is 258 g/mol. The molecule has 0 radical (unpaired) electrons. The molecule has 1 rings (SSSR count). The van der Waals surface area contributed by atoms with Crippen molar-refractivity contribution in [2.75, 3.05) is 39.6 Å². The van der Waals surface area contributed by atoms with Crippen molar-refractivity contribution in [1.82, 2.24) is 5.32 Å². The van der Waals surface area contributed by atoms with Gasteiger partial charge in [-0.05, 0) is 38.5 Å². The van der Waals surface area contributed by atoms with Crippen molar-refractivity contribution in [2.24, 2.45) is 5.92 Å². The van der Waals surface area contributed by atoms with Gasteiger partial charge in [0.25, 0.3) is 0 Å². The van der Waals surface area contributed by atoms with Crippen LogP contribution in [0.5, 0.6) is 0 Å². The molecule has 0 aliphatic heterocycles. The van der Waals surface area contributed by atoms with Gasteiger partial charge >= 0.3 is 0 Å². The Morgan fingerprint density at radius 1 is 1.25 bits per heavy atom. The average Bonchev–Trinajstić information content (AvgIpc) is 2.47. The molecule has 1 unspecified atom stereocenters. The first-order chi connectivity index (χ1) is 9.62. The van der Waals surface area contributed by atoms with Gasteiger partial charge in [-0.3, -0.25) is 0 Å². The molecule has 1 aliphatic carbocycles. The Kier molecular flexibility index (Phi) is 8.64. The Morgan fingerprint density at radius 2 is 1.90 bits per heavy atom. The Balaban J connectivity index is 2.16. The molecule has 0 heterocycles. The number of β-amino-alcohol motifs (C(OH)–C–C–N with tert-alkyl or cyclic N) is 1. The first-order valence-corrected chi connectivity index (χ1v) is 7.81. The van der Waals surface area contributed by atoms with Gasteiger partial charge in [0, 0.05) is 18.7 Å². The summed E-state index contributed by atoms with van der Waals surface area (Å²) in [5, 5.41) is 22.9. The van der Waals surface area contributed by atoms with Crippen LogP contribution in [-0.2, 0) is 9.47 Å². The zero-order valence-corrected chi connectivity index (χ0v) is 12.9. The monoisotopic (exact) mass is 289 g/mol. The van der Waals surface area contributed by atoms with Gasteiger partial charge in [0.15, 0.2) is 0 Å². The van der Waals surface area contributed by atoms with Crippen LogP contribution in [0, 0.1) is 5.92 Å². The molecule has 5 heteroatoms. The van der Waals surface area contributed by atoms with Crippen LogP contribution in [0.2, 0.25) is 0 Å². The second-order valence-electron chi connectivity index (χ2n) is 5.93. The molecule has 1 aliphatic rings. The number of ether oxygens (including phenoxy) is 2. The minimum absolute atomic E-state index is 0.137. The predicted molar refractivity (Wildman–Crippen MR) is 78.8 cm³/mol. The van der Waals surface area contributed by atoms with E-state index in [9.17, 15) is 10.2 Å². The van der Waals surface area contributed by atoms with Gasteiger partial charge in [0.1, 0.15) is 0 Å². The minimum atomic E-state index is -0.542. The molecule has 3 N–H and O–H groups in total. The number of rotatable bonds is 10. The molecule has 1 fully saturated rings. The van der Waals surface area contributed by atoms with E-state index in [1.54, 1.807) is 0 Å². The van der Waals surface area contributed by atoms with Crippen LogP contribution >= 0.6 is 0 Å². The summed E-state index contributed by atoms with van der Waals surface area (Å²) in [5.41, 5.74) is -0.210. The summed E-state index contributed by atoms with van der Waals surface area (Å²) in [5.74, 6) is 0.739. The SMILES string of the molecule is CCOCCOCC(O)CNC1(CO)CCC(C)CC1. The Morgan fingerprint density at radius 3 is 2.50 bits per heavy atom. The largest absolute Gasteiger partial charge is 0.394 e. The van der Waals surface area contributed by atoms with Crippen molar-refractivity contribution < 1.29 is 19.7 Å². The van der Waals surface area contributed by atoms with E-state index in [0.717, 1.165) is 31.6 Å². The van der Waals surface area contributed by atoms with Gasteiger partial charge in [-0.1, -0.05) is 6.92 Å². The number of hydrogen-bond acceptors (Lipinski definition) is 5. The summed E-state index contributed by atoms with van der Waals surface area (Å²) in [4.78, 5) is 0. The van der Waals surface area contributed by atoms with E-state index >= 15 is 0 Å². The second kappa shape index (κ2) is 9.68. The van der Waals surface area contributed by atoms with Crippen LogP contribution in [0.25, 0.3) is 0 Å². The molecule has 0 aromatic carbocycles. The lowest BCUT2D eigenvalue weighted by Gasteiger charge is -2.39. The van der Waals surface area contributed by atoms with Gasteiger partial charge in [-0.25, -0.2) is 0 Å². The second-order valence-corrected chi connectivity index (χ2v) is 5.93. The molecule has 1 saturated carbocycles. The van der Waals surface area contributed by atoms with Gasteiger partial charge in [0.2, 0.25) is 0 Å².